The van der Waals surface area contributed by atoms with E-state index >= 15 is 0 Å². The van der Waals surface area contributed by atoms with Crippen LogP contribution in [0.2, 0.25) is 0 Å². The van der Waals surface area contributed by atoms with Crippen molar-refractivity contribution < 1.29 is 4.42 Å². The second-order valence-electron chi connectivity index (χ2n) is 13.6. The summed E-state index contributed by atoms with van der Waals surface area (Å²) in [6.07, 6.45) is 0. The number of fused-ring (bicyclic) bond motifs is 13. The molecule has 0 bridgehead atoms. The fourth-order valence-electron chi connectivity index (χ4n) is 8.56. The number of hydrogen-bond donors (Lipinski definition) is 0. The van der Waals surface area contributed by atoms with Gasteiger partial charge in [0.25, 0.3) is 0 Å². The average molecular weight is 683 g/mol. The zero-order chi connectivity index (χ0) is 33.2. The summed E-state index contributed by atoms with van der Waals surface area (Å²) in [6.45, 7) is 0. The third kappa shape index (κ3) is 3.90. The van der Waals surface area contributed by atoms with Crippen LogP contribution >= 0.6 is 22.7 Å². The third-order valence-electron chi connectivity index (χ3n) is 10.8. The van der Waals surface area contributed by atoms with Gasteiger partial charge in [-0.2, -0.15) is 0 Å². The molecule has 3 aromatic heterocycles. The largest absolute Gasteiger partial charge is 0.456 e. The fourth-order valence-corrected chi connectivity index (χ4v) is 10.9. The van der Waals surface area contributed by atoms with E-state index in [9.17, 15) is 0 Å². The topological polar surface area (TPSA) is 13.1 Å². The summed E-state index contributed by atoms with van der Waals surface area (Å²) in [7, 11) is 0. The summed E-state index contributed by atoms with van der Waals surface area (Å²) in [5.74, 6) is 0. The maximum absolute atomic E-state index is 6.21. The van der Waals surface area contributed by atoms with Gasteiger partial charge in [0.2, 0.25) is 0 Å². The molecule has 0 saturated carbocycles. The first-order chi connectivity index (χ1) is 25.3. The Morgan fingerprint density at radius 3 is 1.63 bits per heavy atom. The van der Waals surface area contributed by atoms with E-state index in [0.717, 1.165) is 21.9 Å². The van der Waals surface area contributed by atoms with Crippen LogP contribution in [0.3, 0.4) is 0 Å². The fraction of sp³-hybridized carbons (Fsp3) is 0. The minimum Gasteiger partial charge on any atom is -0.456 e. The number of thiophene rings is 2. The lowest BCUT2D eigenvalue weighted by Gasteiger charge is -2.18. The van der Waals surface area contributed by atoms with Crippen LogP contribution in [0.25, 0.3) is 117 Å². The normalized spacial score (nSPS) is 12.3. The van der Waals surface area contributed by atoms with E-state index in [-0.39, 0.29) is 0 Å². The Morgan fingerprint density at radius 1 is 0.314 bits per heavy atom. The highest BCUT2D eigenvalue weighted by molar-refractivity contribution is 7.27. The number of benzene rings is 9. The molecule has 0 aliphatic rings. The smallest absolute Gasteiger partial charge is 0.135 e. The molecule has 1 nitrogen and oxygen atoms in total. The van der Waals surface area contributed by atoms with Crippen LogP contribution in [-0.2, 0) is 0 Å². The van der Waals surface area contributed by atoms with Crippen LogP contribution in [0.1, 0.15) is 0 Å². The Kier molecular flexibility index (Phi) is 5.59. The van der Waals surface area contributed by atoms with Crippen LogP contribution in [0.5, 0.6) is 0 Å². The summed E-state index contributed by atoms with van der Waals surface area (Å²) in [5, 5.41) is 15.3. The van der Waals surface area contributed by atoms with Crippen molar-refractivity contribution in [3.8, 4) is 22.3 Å². The first kappa shape index (κ1) is 27.8. The van der Waals surface area contributed by atoms with Crippen molar-refractivity contribution >= 4 is 117 Å². The summed E-state index contributed by atoms with van der Waals surface area (Å²) in [5.41, 5.74) is 6.84. The van der Waals surface area contributed by atoms with Crippen LogP contribution in [0.4, 0.5) is 0 Å². The highest BCUT2D eigenvalue weighted by Crippen LogP contribution is 2.47. The van der Waals surface area contributed by atoms with Crippen LogP contribution in [0.15, 0.2) is 162 Å². The lowest BCUT2D eigenvalue weighted by Crippen LogP contribution is -1.90. The molecule has 0 amide bonds. The molecule has 0 fully saturated rings. The van der Waals surface area contributed by atoms with Gasteiger partial charge in [-0.15, -0.1) is 22.7 Å². The van der Waals surface area contributed by atoms with Crippen molar-refractivity contribution in [3.05, 3.63) is 158 Å². The second-order valence-corrected chi connectivity index (χ2v) is 15.7. The molecule has 0 unspecified atom stereocenters. The quantitative estimate of drug-likeness (QED) is 0.165. The van der Waals surface area contributed by atoms with E-state index in [1.165, 1.54) is 94.9 Å². The van der Waals surface area contributed by atoms with Gasteiger partial charge >= 0.3 is 0 Å². The molecule has 0 N–H and O–H groups in total. The molecule has 9 aromatic carbocycles. The Labute approximate surface area is 300 Å². The summed E-state index contributed by atoms with van der Waals surface area (Å²) >= 11 is 3.80. The van der Waals surface area contributed by atoms with Crippen LogP contribution in [-0.4, -0.2) is 0 Å². The van der Waals surface area contributed by atoms with E-state index in [1.807, 2.05) is 28.7 Å². The first-order valence-electron chi connectivity index (χ1n) is 17.3. The Bertz CT molecular complexity index is 3370. The van der Waals surface area contributed by atoms with Gasteiger partial charge in [-0.05, 0) is 97.7 Å². The molecule has 236 valence electrons. The van der Waals surface area contributed by atoms with Crippen molar-refractivity contribution in [3.63, 3.8) is 0 Å². The molecule has 12 rings (SSSR count). The molecule has 0 atom stereocenters. The van der Waals surface area contributed by atoms with E-state index in [1.54, 1.807) is 0 Å². The lowest BCUT2D eigenvalue weighted by atomic mass is 9.85. The number of hydrogen-bond acceptors (Lipinski definition) is 3. The highest BCUT2D eigenvalue weighted by atomic mass is 32.1. The predicted molar refractivity (Wildman–Crippen MR) is 223 cm³/mol. The minimum atomic E-state index is 0.919. The van der Waals surface area contributed by atoms with Crippen molar-refractivity contribution in [1.82, 2.24) is 0 Å². The molecular weight excluding hydrogens is 657 g/mol. The zero-order valence-corrected chi connectivity index (χ0v) is 28.9. The van der Waals surface area contributed by atoms with Gasteiger partial charge in [-0.1, -0.05) is 109 Å². The molecule has 51 heavy (non-hydrogen) atoms. The van der Waals surface area contributed by atoms with Gasteiger partial charge in [-0.3, -0.25) is 0 Å². The van der Waals surface area contributed by atoms with Crippen molar-refractivity contribution in [2.45, 2.75) is 0 Å². The molecule has 0 aliphatic carbocycles. The van der Waals surface area contributed by atoms with Gasteiger partial charge in [0, 0.05) is 56.5 Å². The van der Waals surface area contributed by atoms with Crippen molar-refractivity contribution in [2.24, 2.45) is 0 Å². The Morgan fingerprint density at radius 2 is 0.882 bits per heavy atom. The number of para-hydroxylation sites is 1. The Balaban J connectivity index is 1.11. The zero-order valence-electron chi connectivity index (χ0n) is 27.2. The summed E-state index contributed by atoms with van der Waals surface area (Å²) in [6, 6.07) is 58.3. The molecule has 12 aromatic rings. The van der Waals surface area contributed by atoms with Gasteiger partial charge < -0.3 is 4.42 Å². The van der Waals surface area contributed by atoms with Crippen molar-refractivity contribution in [1.29, 1.82) is 0 Å². The maximum atomic E-state index is 6.21. The van der Waals surface area contributed by atoms with Gasteiger partial charge in [0.05, 0.1) is 0 Å². The molecule has 3 heteroatoms. The summed E-state index contributed by atoms with van der Waals surface area (Å²) < 4.78 is 11.6. The molecular formula is C48H26OS2. The molecule has 0 aliphatic heterocycles. The highest BCUT2D eigenvalue weighted by Gasteiger charge is 2.19. The third-order valence-corrected chi connectivity index (χ3v) is 13.2. The second kappa shape index (κ2) is 10.3. The molecule has 0 saturated heterocycles. The predicted octanol–water partition coefficient (Wildman–Crippen LogP) is 15.1. The molecule has 0 spiro atoms. The van der Waals surface area contributed by atoms with E-state index in [2.05, 4.69) is 152 Å². The standard InChI is InChI=1S/C48H26OS2/c1-3-13-34-32(11-1)46(28-18-21-42-38(23-28)30-9-5-7-15-41(30)49-42)33-12-2-4-14-35(33)47(34)29-19-22-44-39(24-29)36-20-17-27-25-45-40(26-37(27)48(36)51-44)31-10-6-8-16-43(31)50-45/h1-26H. The maximum Gasteiger partial charge on any atom is 0.135 e. The Hall–Kier alpha value is -6.00. The molecule has 0 radical (unpaired) electrons. The van der Waals surface area contributed by atoms with E-state index in [4.69, 9.17) is 4.42 Å². The SMILES string of the molecule is c1ccc2c(c1)oc1ccc(-c3c4ccccc4c(-c4ccc5sc6c7cc8c(cc7ccc6c5c4)sc4ccccc48)c4ccccc34)cc12. The van der Waals surface area contributed by atoms with Crippen molar-refractivity contribution in [2.75, 3.05) is 0 Å². The average Bonchev–Trinajstić information content (AvgIpc) is 3.86. The van der Waals surface area contributed by atoms with E-state index < -0.39 is 0 Å². The monoisotopic (exact) mass is 682 g/mol. The van der Waals surface area contributed by atoms with Gasteiger partial charge in [0.15, 0.2) is 0 Å². The summed E-state index contributed by atoms with van der Waals surface area (Å²) in [4.78, 5) is 0. The van der Waals surface area contributed by atoms with Gasteiger partial charge in [-0.25, -0.2) is 0 Å². The van der Waals surface area contributed by atoms with Gasteiger partial charge in [0.1, 0.15) is 11.2 Å². The van der Waals surface area contributed by atoms with Crippen LogP contribution < -0.4 is 0 Å². The minimum absolute atomic E-state index is 0.919. The lowest BCUT2D eigenvalue weighted by molar-refractivity contribution is 0.669. The number of rotatable bonds is 2. The van der Waals surface area contributed by atoms with Crippen LogP contribution in [0, 0.1) is 0 Å². The first-order valence-corrected chi connectivity index (χ1v) is 19.0. The van der Waals surface area contributed by atoms with E-state index in [0.29, 0.717) is 0 Å². The number of furan rings is 1. The molecule has 3 heterocycles.